The molecule has 0 saturated carbocycles. The van der Waals surface area contributed by atoms with E-state index < -0.39 is 0 Å². The van der Waals surface area contributed by atoms with Crippen LogP contribution in [0.15, 0.2) is 60.1 Å². The van der Waals surface area contributed by atoms with E-state index in [9.17, 15) is 4.79 Å². The van der Waals surface area contributed by atoms with Crippen molar-refractivity contribution >= 4 is 50.9 Å². The summed E-state index contributed by atoms with van der Waals surface area (Å²) in [7, 11) is 0. The largest absolute Gasteiger partial charge is 0.361 e. The van der Waals surface area contributed by atoms with Crippen LogP contribution in [0.25, 0.3) is 10.9 Å². The summed E-state index contributed by atoms with van der Waals surface area (Å²) in [5, 5.41) is 5.02. The van der Waals surface area contributed by atoms with Gasteiger partial charge in [-0.15, -0.1) is 11.3 Å². The average Bonchev–Trinajstić information content (AvgIpc) is 3.50. The van der Waals surface area contributed by atoms with Gasteiger partial charge in [0.05, 0.1) is 0 Å². The maximum absolute atomic E-state index is 11.7. The number of aromatic amines is 1. The Morgan fingerprint density at radius 1 is 1.18 bits per heavy atom. The first kappa shape index (κ1) is 22.2. The number of likely N-dealkylation sites (tertiary alicyclic amines) is 1. The van der Waals surface area contributed by atoms with Crippen molar-refractivity contribution in [1.29, 1.82) is 0 Å². The molecule has 0 unspecified atom stereocenters. The molecule has 3 heterocycles. The third kappa shape index (κ3) is 4.72. The summed E-state index contributed by atoms with van der Waals surface area (Å²) in [5.41, 5.74) is 6.08. The summed E-state index contributed by atoms with van der Waals surface area (Å²) in [6, 6.07) is 16.4. The maximum Gasteiger partial charge on any atom is 0.219 e. The molecule has 170 valence electrons. The third-order valence-electron chi connectivity index (χ3n) is 6.86. The van der Waals surface area contributed by atoms with E-state index in [1.807, 2.05) is 35.7 Å². The summed E-state index contributed by atoms with van der Waals surface area (Å²) < 4.78 is 0. The van der Waals surface area contributed by atoms with Gasteiger partial charge in [-0.1, -0.05) is 23.7 Å². The minimum atomic E-state index is 0.591. The number of amides is 1. The zero-order chi connectivity index (χ0) is 22.8. The number of fused-ring (bicyclic) bond motifs is 1. The number of nitrogens with one attached hydrogen (secondary N) is 1. The van der Waals surface area contributed by atoms with Gasteiger partial charge >= 0.3 is 0 Å². The van der Waals surface area contributed by atoms with Gasteiger partial charge in [0.15, 0.2) is 0 Å². The molecule has 4 aromatic rings. The monoisotopic (exact) mass is 477 g/mol. The van der Waals surface area contributed by atoms with E-state index in [4.69, 9.17) is 11.6 Å². The minimum Gasteiger partial charge on any atom is -0.361 e. The summed E-state index contributed by atoms with van der Waals surface area (Å²) in [6.45, 7) is 5.42. The van der Waals surface area contributed by atoms with E-state index in [1.165, 1.54) is 34.9 Å². The van der Waals surface area contributed by atoms with Crippen LogP contribution in [0.4, 0.5) is 10.7 Å². The second kappa shape index (κ2) is 9.72. The molecule has 2 aromatic heterocycles. The third-order valence-corrected chi connectivity index (χ3v) is 7.96. The van der Waals surface area contributed by atoms with Gasteiger partial charge in [0.2, 0.25) is 6.41 Å². The van der Waals surface area contributed by atoms with Gasteiger partial charge in [0, 0.05) is 34.4 Å². The van der Waals surface area contributed by atoms with Crippen molar-refractivity contribution in [3.63, 3.8) is 0 Å². The molecule has 0 bridgehead atoms. The standard InChI is InChI=1S/C27H28ClN3OS/c1-19-4-6-23(31(18-32)27-3-2-14-33-27)15-21(19)10-13-30-11-8-20(9-12-30)25-17-29-26-16-22(28)5-7-24(25)26/h2-7,14-18,20,29H,8-13H2,1H3. The molecule has 2 aromatic carbocycles. The van der Waals surface area contributed by atoms with E-state index in [2.05, 4.69) is 41.2 Å². The van der Waals surface area contributed by atoms with E-state index in [-0.39, 0.29) is 0 Å². The second-order valence-corrected chi connectivity index (χ2v) is 10.2. The van der Waals surface area contributed by atoms with Crippen LogP contribution in [-0.2, 0) is 11.2 Å². The molecule has 1 aliphatic heterocycles. The number of halogens is 1. The van der Waals surface area contributed by atoms with Crippen molar-refractivity contribution in [2.45, 2.75) is 32.1 Å². The number of thiophene rings is 1. The summed E-state index contributed by atoms with van der Waals surface area (Å²) in [6.07, 6.45) is 6.41. The number of aryl methyl sites for hydroxylation is 1. The SMILES string of the molecule is Cc1ccc(N(C=O)c2cccs2)cc1CCN1CCC(c2c[nH]c3cc(Cl)ccc23)CC1. The average molecular weight is 478 g/mol. The molecule has 0 radical (unpaired) electrons. The number of aromatic nitrogens is 1. The van der Waals surface area contributed by atoms with Gasteiger partial charge in [0.1, 0.15) is 5.00 Å². The molecule has 6 heteroatoms. The lowest BCUT2D eigenvalue weighted by molar-refractivity contribution is -0.106. The Morgan fingerprint density at radius 3 is 2.79 bits per heavy atom. The van der Waals surface area contributed by atoms with Crippen LogP contribution in [0.5, 0.6) is 0 Å². The van der Waals surface area contributed by atoms with E-state index in [1.54, 1.807) is 16.2 Å². The van der Waals surface area contributed by atoms with Crippen LogP contribution in [-0.4, -0.2) is 35.9 Å². The van der Waals surface area contributed by atoms with Gasteiger partial charge in [0.25, 0.3) is 0 Å². The Hall–Kier alpha value is -2.60. The first-order chi connectivity index (χ1) is 16.1. The van der Waals surface area contributed by atoms with E-state index >= 15 is 0 Å². The minimum absolute atomic E-state index is 0.591. The number of H-pyrrole nitrogens is 1. The number of carbonyl (C=O) groups excluding carboxylic acids is 1. The lowest BCUT2D eigenvalue weighted by Crippen LogP contribution is -2.34. The molecule has 0 aliphatic carbocycles. The Kier molecular flexibility index (Phi) is 6.54. The van der Waals surface area contributed by atoms with Crippen molar-refractivity contribution in [3.8, 4) is 0 Å². The fraction of sp³-hybridized carbons (Fsp3) is 0.296. The quantitative estimate of drug-likeness (QED) is 0.294. The molecule has 1 saturated heterocycles. The molecule has 0 spiro atoms. The lowest BCUT2D eigenvalue weighted by atomic mass is 9.89. The van der Waals surface area contributed by atoms with Gasteiger partial charge < -0.3 is 9.88 Å². The number of anilines is 2. The van der Waals surface area contributed by atoms with Crippen molar-refractivity contribution in [3.05, 3.63) is 81.8 Å². The Bertz CT molecular complexity index is 1240. The molecule has 33 heavy (non-hydrogen) atoms. The molecule has 1 aliphatic rings. The van der Waals surface area contributed by atoms with Crippen LogP contribution in [0.1, 0.15) is 35.4 Å². The highest BCUT2D eigenvalue weighted by Crippen LogP contribution is 2.34. The van der Waals surface area contributed by atoms with Crippen molar-refractivity contribution < 1.29 is 4.79 Å². The summed E-state index contributed by atoms with van der Waals surface area (Å²) in [4.78, 5) is 19.4. The highest BCUT2D eigenvalue weighted by Gasteiger charge is 2.23. The number of hydrogen-bond acceptors (Lipinski definition) is 3. The first-order valence-corrected chi connectivity index (χ1v) is 12.7. The number of benzene rings is 2. The van der Waals surface area contributed by atoms with E-state index in [0.29, 0.717) is 5.92 Å². The number of hydrogen-bond donors (Lipinski definition) is 1. The molecule has 4 nitrogen and oxygen atoms in total. The molecule has 1 amide bonds. The molecule has 0 atom stereocenters. The van der Waals surface area contributed by atoms with Gasteiger partial charge in [-0.25, -0.2) is 0 Å². The van der Waals surface area contributed by atoms with Crippen molar-refractivity contribution in [1.82, 2.24) is 9.88 Å². The van der Waals surface area contributed by atoms with Gasteiger partial charge in [-0.2, -0.15) is 0 Å². The molecule has 1 fully saturated rings. The predicted molar refractivity (Wildman–Crippen MR) is 139 cm³/mol. The summed E-state index contributed by atoms with van der Waals surface area (Å²) >= 11 is 7.72. The highest BCUT2D eigenvalue weighted by molar-refractivity contribution is 7.14. The number of nitrogens with zero attached hydrogens (tertiary/aromatic N) is 2. The number of carbonyl (C=O) groups is 1. The lowest BCUT2D eigenvalue weighted by Gasteiger charge is -2.32. The van der Waals surface area contributed by atoms with Crippen molar-refractivity contribution in [2.24, 2.45) is 0 Å². The Morgan fingerprint density at radius 2 is 2.03 bits per heavy atom. The maximum atomic E-state index is 11.7. The fourth-order valence-electron chi connectivity index (χ4n) is 4.93. The number of rotatable bonds is 7. The Balaban J connectivity index is 1.21. The second-order valence-electron chi connectivity index (χ2n) is 8.84. The van der Waals surface area contributed by atoms with Crippen LogP contribution in [0.3, 0.4) is 0 Å². The smallest absolute Gasteiger partial charge is 0.219 e. The van der Waals surface area contributed by atoms with Crippen LogP contribution >= 0.6 is 22.9 Å². The highest BCUT2D eigenvalue weighted by atomic mass is 35.5. The fourth-order valence-corrected chi connectivity index (χ4v) is 5.82. The predicted octanol–water partition coefficient (Wildman–Crippen LogP) is 6.91. The van der Waals surface area contributed by atoms with Gasteiger partial charge in [-0.05, 0) is 104 Å². The molecule has 1 N–H and O–H groups in total. The van der Waals surface area contributed by atoms with Crippen LogP contribution in [0, 0.1) is 6.92 Å². The van der Waals surface area contributed by atoms with Crippen LogP contribution in [0.2, 0.25) is 5.02 Å². The summed E-state index contributed by atoms with van der Waals surface area (Å²) in [5.74, 6) is 0.591. The zero-order valence-electron chi connectivity index (χ0n) is 18.8. The first-order valence-electron chi connectivity index (χ1n) is 11.5. The molecule has 5 rings (SSSR count). The number of piperidine rings is 1. The zero-order valence-corrected chi connectivity index (χ0v) is 20.3. The Labute approximate surface area is 203 Å². The van der Waals surface area contributed by atoms with Crippen molar-refractivity contribution in [2.75, 3.05) is 24.5 Å². The van der Waals surface area contributed by atoms with Crippen LogP contribution < -0.4 is 4.90 Å². The van der Waals surface area contributed by atoms with Gasteiger partial charge in [-0.3, -0.25) is 9.69 Å². The normalized spacial score (nSPS) is 15.2. The molecular formula is C27H28ClN3OS. The van der Waals surface area contributed by atoms with E-state index in [0.717, 1.165) is 53.7 Å². The topological polar surface area (TPSA) is 39.3 Å². The molecular weight excluding hydrogens is 450 g/mol.